The number of rotatable bonds is 5. The van der Waals surface area contributed by atoms with E-state index in [9.17, 15) is 9.18 Å². The predicted octanol–water partition coefficient (Wildman–Crippen LogP) is 2.09. The zero-order chi connectivity index (χ0) is 13.0. The summed E-state index contributed by atoms with van der Waals surface area (Å²) in [5, 5.41) is 8.57. The van der Waals surface area contributed by atoms with Gasteiger partial charge in [-0.3, -0.25) is 4.79 Å². The number of carboxylic acids is 1. The van der Waals surface area contributed by atoms with Gasteiger partial charge in [-0.15, -0.1) is 0 Å². The van der Waals surface area contributed by atoms with Gasteiger partial charge >= 0.3 is 5.97 Å². The van der Waals surface area contributed by atoms with Crippen molar-refractivity contribution in [3.05, 3.63) is 53.9 Å². The van der Waals surface area contributed by atoms with Crippen molar-refractivity contribution in [2.45, 2.75) is 19.4 Å². The zero-order valence-corrected chi connectivity index (χ0v) is 9.71. The Bertz CT molecular complexity index is 534. The maximum atomic E-state index is 12.7. The van der Waals surface area contributed by atoms with Gasteiger partial charge in [0.15, 0.2) is 0 Å². The van der Waals surface area contributed by atoms with Gasteiger partial charge in [-0.25, -0.2) is 9.37 Å². The number of halogens is 1. The fraction of sp³-hybridized carbons (Fsp3) is 0.231. The van der Waals surface area contributed by atoms with Gasteiger partial charge in [0.05, 0.1) is 18.4 Å². The molecule has 2 aromatic rings. The second-order valence-corrected chi connectivity index (χ2v) is 4.06. The first-order chi connectivity index (χ1) is 8.63. The van der Waals surface area contributed by atoms with E-state index in [0.717, 1.165) is 11.3 Å². The molecule has 1 aromatic heterocycles. The lowest BCUT2D eigenvalue weighted by Gasteiger charge is -2.01. The maximum Gasteiger partial charge on any atom is 0.303 e. The van der Waals surface area contributed by atoms with Gasteiger partial charge in [-0.1, -0.05) is 12.1 Å². The molecular formula is C13H13FN2O2. The van der Waals surface area contributed by atoms with Gasteiger partial charge in [0.2, 0.25) is 0 Å². The van der Waals surface area contributed by atoms with Crippen LogP contribution in [0, 0.1) is 5.82 Å². The predicted molar refractivity (Wildman–Crippen MR) is 63.7 cm³/mol. The standard InChI is InChI=1S/C13H13FN2O2/c14-11-3-1-10(2-4-11)7-16-8-12(15-9-16)5-6-13(17)18/h1-4,8-9H,5-7H2,(H,17,18). The highest BCUT2D eigenvalue weighted by Crippen LogP contribution is 2.07. The summed E-state index contributed by atoms with van der Waals surface area (Å²) in [7, 11) is 0. The van der Waals surface area contributed by atoms with Gasteiger partial charge in [0, 0.05) is 19.2 Å². The minimum absolute atomic E-state index is 0.0769. The van der Waals surface area contributed by atoms with Gasteiger partial charge in [-0.05, 0) is 17.7 Å². The Hall–Kier alpha value is -2.17. The molecule has 1 N–H and O–H groups in total. The molecule has 94 valence electrons. The van der Waals surface area contributed by atoms with Crippen LogP contribution in [0.4, 0.5) is 4.39 Å². The highest BCUT2D eigenvalue weighted by molar-refractivity contribution is 5.66. The molecular weight excluding hydrogens is 235 g/mol. The van der Waals surface area contributed by atoms with E-state index in [0.29, 0.717) is 13.0 Å². The van der Waals surface area contributed by atoms with Crippen molar-refractivity contribution in [3.63, 3.8) is 0 Å². The Morgan fingerprint density at radius 2 is 2.06 bits per heavy atom. The third kappa shape index (κ3) is 3.41. The highest BCUT2D eigenvalue weighted by atomic mass is 19.1. The molecule has 4 nitrogen and oxygen atoms in total. The average molecular weight is 248 g/mol. The van der Waals surface area contributed by atoms with Gasteiger partial charge < -0.3 is 9.67 Å². The topological polar surface area (TPSA) is 55.1 Å². The first-order valence-electron chi connectivity index (χ1n) is 5.60. The molecule has 0 aliphatic heterocycles. The number of hydrogen-bond donors (Lipinski definition) is 1. The molecule has 0 atom stereocenters. The normalized spacial score (nSPS) is 10.5. The Morgan fingerprint density at radius 3 is 2.72 bits per heavy atom. The molecule has 0 radical (unpaired) electrons. The minimum atomic E-state index is -0.830. The number of carboxylic acid groups (broad SMARTS) is 1. The maximum absolute atomic E-state index is 12.7. The lowest BCUT2D eigenvalue weighted by Crippen LogP contribution is -1.98. The summed E-state index contributed by atoms with van der Waals surface area (Å²) in [5.41, 5.74) is 1.72. The van der Waals surface area contributed by atoms with E-state index < -0.39 is 5.97 Å². The van der Waals surface area contributed by atoms with Gasteiger partial charge in [0.25, 0.3) is 0 Å². The summed E-state index contributed by atoms with van der Waals surface area (Å²) in [4.78, 5) is 14.6. The van der Waals surface area contributed by atoms with Crippen LogP contribution in [0.15, 0.2) is 36.8 Å². The van der Waals surface area contributed by atoms with E-state index >= 15 is 0 Å². The summed E-state index contributed by atoms with van der Waals surface area (Å²) < 4.78 is 14.6. The van der Waals surface area contributed by atoms with Crippen LogP contribution in [0.3, 0.4) is 0 Å². The van der Waals surface area contributed by atoms with E-state index in [1.54, 1.807) is 18.5 Å². The van der Waals surface area contributed by atoms with Crippen molar-refractivity contribution in [1.29, 1.82) is 0 Å². The van der Waals surface area contributed by atoms with Crippen LogP contribution >= 0.6 is 0 Å². The van der Waals surface area contributed by atoms with E-state index in [4.69, 9.17) is 5.11 Å². The van der Waals surface area contributed by atoms with Crippen LogP contribution in [0.1, 0.15) is 17.7 Å². The fourth-order valence-corrected chi connectivity index (χ4v) is 1.66. The van der Waals surface area contributed by atoms with E-state index in [1.165, 1.54) is 12.1 Å². The zero-order valence-electron chi connectivity index (χ0n) is 9.71. The van der Waals surface area contributed by atoms with Gasteiger partial charge in [0.1, 0.15) is 5.82 Å². The summed E-state index contributed by atoms with van der Waals surface area (Å²) in [6, 6.07) is 6.26. The molecule has 0 unspecified atom stereocenters. The average Bonchev–Trinajstić information content (AvgIpc) is 2.77. The first kappa shape index (κ1) is 12.3. The van der Waals surface area contributed by atoms with Crippen LogP contribution in [-0.4, -0.2) is 20.6 Å². The number of benzene rings is 1. The number of nitrogens with zero attached hydrogens (tertiary/aromatic N) is 2. The molecule has 1 aromatic carbocycles. The molecule has 5 heteroatoms. The Kier molecular flexibility index (Phi) is 3.72. The smallest absolute Gasteiger partial charge is 0.303 e. The largest absolute Gasteiger partial charge is 0.481 e. The van der Waals surface area contributed by atoms with E-state index in [-0.39, 0.29) is 12.2 Å². The Morgan fingerprint density at radius 1 is 1.33 bits per heavy atom. The molecule has 0 aliphatic rings. The van der Waals surface area contributed by atoms with Crippen molar-refractivity contribution in [2.24, 2.45) is 0 Å². The summed E-state index contributed by atoms with van der Waals surface area (Å²) >= 11 is 0. The lowest BCUT2D eigenvalue weighted by atomic mass is 10.2. The van der Waals surface area contributed by atoms with Crippen molar-refractivity contribution in [2.75, 3.05) is 0 Å². The molecule has 18 heavy (non-hydrogen) atoms. The molecule has 0 saturated carbocycles. The van der Waals surface area contributed by atoms with Crippen molar-refractivity contribution in [1.82, 2.24) is 9.55 Å². The van der Waals surface area contributed by atoms with Crippen LogP contribution in [-0.2, 0) is 17.8 Å². The summed E-state index contributed by atoms with van der Waals surface area (Å²) in [5.74, 6) is -1.09. The number of hydrogen-bond acceptors (Lipinski definition) is 2. The van der Waals surface area contributed by atoms with Gasteiger partial charge in [-0.2, -0.15) is 0 Å². The van der Waals surface area contributed by atoms with Crippen LogP contribution < -0.4 is 0 Å². The molecule has 0 bridgehead atoms. The monoisotopic (exact) mass is 248 g/mol. The molecule has 0 saturated heterocycles. The third-order valence-corrected chi connectivity index (χ3v) is 2.56. The Balaban J connectivity index is 1.97. The quantitative estimate of drug-likeness (QED) is 0.881. The van der Waals surface area contributed by atoms with Crippen LogP contribution in [0.25, 0.3) is 0 Å². The molecule has 0 fully saturated rings. The number of aromatic nitrogens is 2. The number of aryl methyl sites for hydroxylation is 1. The molecule has 0 amide bonds. The first-order valence-corrected chi connectivity index (χ1v) is 5.60. The fourth-order valence-electron chi connectivity index (χ4n) is 1.66. The molecule has 0 aliphatic carbocycles. The van der Waals surface area contributed by atoms with Crippen LogP contribution in [0.5, 0.6) is 0 Å². The van der Waals surface area contributed by atoms with E-state index in [1.807, 2.05) is 10.8 Å². The summed E-state index contributed by atoms with van der Waals surface area (Å²) in [6.07, 6.45) is 3.96. The third-order valence-electron chi connectivity index (χ3n) is 2.56. The second-order valence-electron chi connectivity index (χ2n) is 4.06. The minimum Gasteiger partial charge on any atom is -0.481 e. The lowest BCUT2D eigenvalue weighted by molar-refractivity contribution is -0.136. The molecule has 0 spiro atoms. The van der Waals surface area contributed by atoms with Crippen molar-refractivity contribution >= 4 is 5.97 Å². The summed E-state index contributed by atoms with van der Waals surface area (Å²) in [6.45, 7) is 0.598. The Labute approximate surface area is 104 Å². The molecule has 1 heterocycles. The molecule has 2 rings (SSSR count). The number of imidazole rings is 1. The number of carbonyl (C=O) groups is 1. The highest BCUT2D eigenvalue weighted by Gasteiger charge is 2.03. The SMILES string of the molecule is O=C(O)CCc1cn(Cc2ccc(F)cc2)cn1. The second kappa shape index (κ2) is 5.44. The van der Waals surface area contributed by atoms with Crippen molar-refractivity contribution < 1.29 is 14.3 Å². The number of aliphatic carboxylic acids is 1. The van der Waals surface area contributed by atoms with Crippen LogP contribution in [0.2, 0.25) is 0 Å². The van der Waals surface area contributed by atoms with E-state index in [2.05, 4.69) is 4.98 Å². The van der Waals surface area contributed by atoms with Crippen molar-refractivity contribution in [3.8, 4) is 0 Å².